The molecule has 1 spiro atoms. The van der Waals surface area contributed by atoms with Gasteiger partial charge in [0.05, 0.1) is 11.6 Å². The van der Waals surface area contributed by atoms with E-state index in [1.54, 1.807) is 10.9 Å². The van der Waals surface area contributed by atoms with Gasteiger partial charge < -0.3 is 11.1 Å². The van der Waals surface area contributed by atoms with Crippen LogP contribution in [0.15, 0.2) is 35.2 Å². The van der Waals surface area contributed by atoms with Gasteiger partial charge in [0.15, 0.2) is 5.84 Å². The van der Waals surface area contributed by atoms with Gasteiger partial charge in [-0.1, -0.05) is 6.92 Å². The normalized spacial score (nSPS) is 38.8. The SMILES string of the molecule is CC1CC2CC3C(NC(=O)C(=CN)C(=NC4CC4)n4cccn4)C3(C1)C2. The lowest BCUT2D eigenvalue weighted by molar-refractivity contribution is -0.117. The maximum absolute atomic E-state index is 13.1. The van der Waals surface area contributed by atoms with Gasteiger partial charge in [-0.05, 0) is 67.8 Å². The fraction of sp³-hybridized carbons (Fsp3) is 0.650. The van der Waals surface area contributed by atoms with Crippen LogP contribution in [0.1, 0.15) is 45.4 Å². The summed E-state index contributed by atoms with van der Waals surface area (Å²) in [6.07, 6.45) is 12.2. The second kappa shape index (κ2) is 5.69. The minimum atomic E-state index is -0.106. The van der Waals surface area contributed by atoms with Crippen molar-refractivity contribution >= 4 is 11.7 Å². The fourth-order valence-corrected chi connectivity index (χ4v) is 5.79. The highest BCUT2D eigenvalue weighted by molar-refractivity contribution is 6.21. The third kappa shape index (κ3) is 2.49. The van der Waals surface area contributed by atoms with Crippen LogP contribution >= 0.6 is 0 Å². The Hall–Kier alpha value is -2.11. The van der Waals surface area contributed by atoms with Crippen LogP contribution in [0.25, 0.3) is 0 Å². The van der Waals surface area contributed by atoms with Crippen LogP contribution in [-0.2, 0) is 4.79 Å². The Balaban J connectivity index is 1.35. The number of nitrogens with two attached hydrogens (primary N) is 1. The molecule has 4 saturated carbocycles. The summed E-state index contributed by atoms with van der Waals surface area (Å²) in [5.41, 5.74) is 6.66. The number of carbonyl (C=O) groups is 1. The number of hydrogen-bond acceptors (Lipinski definition) is 4. The number of carbonyl (C=O) groups excluding carboxylic acids is 1. The summed E-state index contributed by atoms with van der Waals surface area (Å²) in [4.78, 5) is 17.8. The highest BCUT2D eigenvalue weighted by Gasteiger charge is 2.70. The maximum atomic E-state index is 13.1. The Morgan fingerprint density at radius 1 is 1.38 bits per heavy atom. The minimum Gasteiger partial charge on any atom is -0.404 e. The molecule has 4 fully saturated rings. The van der Waals surface area contributed by atoms with Gasteiger partial charge in [-0.25, -0.2) is 4.68 Å². The number of nitrogens with zero attached hydrogens (tertiary/aromatic N) is 3. The van der Waals surface area contributed by atoms with Crippen molar-refractivity contribution in [1.29, 1.82) is 0 Å². The van der Waals surface area contributed by atoms with Crippen molar-refractivity contribution in [3.8, 4) is 0 Å². The summed E-state index contributed by atoms with van der Waals surface area (Å²) >= 11 is 0. The summed E-state index contributed by atoms with van der Waals surface area (Å²) in [6, 6.07) is 2.43. The predicted molar refractivity (Wildman–Crippen MR) is 99.3 cm³/mol. The van der Waals surface area contributed by atoms with E-state index >= 15 is 0 Å². The summed E-state index contributed by atoms with van der Waals surface area (Å²) in [5.74, 6) is 2.77. The fourth-order valence-electron chi connectivity index (χ4n) is 5.79. The van der Waals surface area contributed by atoms with E-state index in [1.165, 1.54) is 31.9 Å². The average Bonchev–Trinajstić information content (AvgIpc) is 3.37. The van der Waals surface area contributed by atoms with Crippen molar-refractivity contribution in [2.75, 3.05) is 0 Å². The first kappa shape index (κ1) is 16.1. The molecule has 3 N–H and O–H groups in total. The molecule has 2 bridgehead atoms. The Morgan fingerprint density at radius 3 is 2.92 bits per heavy atom. The first-order valence-electron chi connectivity index (χ1n) is 9.91. The highest BCUT2D eigenvalue weighted by Crippen LogP contribution is 2.71. The van der Waals surface area contributed by atoms with Gasteiger partial charge in [0.1, 0.15) is 0 Å². The van der Waals surface area contributed by atoms with E-state index in [0.717, 1.165) is 24.7 Å². The summed E-state index contributed by atoms with van der Waals surface area (Å²) in [6.45, 7) is 2.36. The molecule has 4 aliphatic carbocycles. The van der Waals surface area contributed by atoms with E-state index in [0.29, 0.717) is 28.8 Å². The standard InChI is InChI=1S/C20H27N5O/c1-12-7-13-8-16-17(20(16,9-12)10-13)24-19(26)15(11-21)18(23-14-3-4-14)25-6-2-5-22-25/h2,5-6,11-14,16-17H,3-4,7-10,21H2,1H3,(H,24,26). The second-order valence-electron chi connectivity index (χ2n) is 8.86. The average molecular weight is 353 g/mol. The monoisotopic (exact) mass is 353 g/mol. The van der Waals surface area contributed by atoms with Crippen molar-refractivity contribution in [2.45, 2.75) is 57.5 Å². The predicted octanol–water partition coefficient (Wildman–Crippen LogP) is 2.08. The summed E-state index contributed by atoms with van der Waals surface area (Å²) < 4.78 is 1.65. The maximum Gasteiger partial charge on any atom is 0.256 e. The van der Waals surface area contributed by atoms with Gasteiger partial charge in [0.25, 0.3) is 5.91 Å². The van der Waals surface area contributed by atoms with Gasteiger partial charge in [-0.15, -0.1) is 0 Å². The van der Waals surface area contributed by atoms with Gasteiger partial charge in [0, 0.05) is 24.6 Å². The minimum absolute atomic E-state index is 0.106. The summed E-state index contributed by atoms with van der Waals surface area (Å²) in [5, 5.41) is 7.57. The van der Waals surface area contributed by atoms with E-state index in [-0.39, 0.29) is 11.9 Å². The zero-order valence-electron chi connectivity index (χ0n) is 15.3. The van der Waals surface area contributed by atoms with Gasteiger partial charge >= 0.3 is 0 Å². The topological polar surface area (TPSA) is 85.3 Å². The molecule has 0 aliphatic heterocycles. The zero-order chi connectivity index (χ0) is 17.9. The zero-order valence-corrected chi connectivity index (χ0v) is 15.3. The van der Waals surface area contributed by atoms with Crippen LogP contribution < -0.4 is 11.1 Å². The molecule has 0 aromatic carbocycles. The Morgan fingerprint density at radius 2 is 2.23 bits per heavy atom. The molecular formula is C20H27N5O. The molecule has 4 aliphatic rings. The molecule has 1 aromatic heterocycles. The van der Waals surface area contributed by atoms with Crippen molar-refractivity contribution < 1.29 is 4.79 Å². The lowest BCUT2D eigenvalue weighted by Crippen LogP contribution is -2.38. The molecule has 6 nitrogen and oxygen atoms in total. The number of hydrogen-bond donors (Lipinski definition) is 2. The van der Waals surface area contributed by atoms with Crippen LogP contribution in [0.2, 0.25) is 0 Å². The number of aromatic nitrogens is 2. The second-order valence-corrected chi connectivity index (χ2v) is 8.86. The number of nitrogens with one attached hydrogen (secondary N) is 1. The van der Waals surface area contributed by atoms with Crippen LogP contribution in [0.4, 0.5) is 0 Å². The van der Waals surface area contributed by atoms with Crippen LogP contribution in [0.5, 0.6) is 0 Å². The molecule has 1 aromatic rings. The molecule has 1 amide bonds. The molecule has 138 valence electrons. The molecule has 5 atom stereocenters. The van der Waals surface area contributed by atoms with Crippen molar-refractivity contribution in [3.63, 3.8) is 0 Å². The van der Waals surface area contributed by atoms with Crippen molar-refractivity contribution in [1.82, 2.24) is 15.1 Å². The molecule has 6 heteroatoms. The van der Waals surface area contributed by atoms with Gasteiger partial charge in [-0.2, -0.15) is 5.10 Å². The molecule has 5 unspecified atom stereocenters. The Bertz CT molecular complexity index is 778. The Labute approximate surface area is 153 Å². The molecule has 0 radical (unpaired) electrons. The quantitative estimate of drug-likeness (QED) is 0.494. The number of amides is 1. The number of fused-ring (bicyclic) bond motifs is 1. The highest BCUT2D eigenvalue weighted by atomic mass is 16.2. The van der Waals surface area contributed by atoms with Crippen LogP contribution in [0, 0.1) is 23.2 Å². The first-order valence-corrected chi connectivity index (χ1v) is 9.91. The van der Waals surface area contributed by atoms with E-state index in [4.69, 9.17) is 10.7 Å². The largest absolute Gasteiger partial charge is 0.404 e. The smallest absolute Gasteiger partial charge is 0.256 e. The van der Waals surface area contributed by atoms with Crippen molar-refractivity contribution in [3.05, 3.63) is 30.2 Å². The molecule has 0 saturated heterocycles. The van der Waals surface area contributed by atoms with Gasteiger partial charge in [0.2, 0.25) is 0 Å². The van der Waals surface area contributed by atoms with Crippen LogP contribution in [-0.4, -0.2) is 33.6 Å². The molecular weight excluding hydrogens is 326 g/mol. The molecule has 26 heavy (non-hydrogen) atoms. The van der Waals surface area contributed by atoms with E-state index in [1.807, 2.05) is 12.3 Å². The van der Waals surface area contributed by atoms with Crippen LogP contribution in [0.3, 0.4) is 0 Å². The van der Waals surface area contributed by atoms with E-state index in [2.05, 4.69) is 17.3 Å². The summed E-state index contributed by atoms with van der Waals surface area (Å²) in [7, 11) is 0. The lowest BCUT2D eigenvalue weighted by Gasteiger charge is -2.30. The molecule has 5 rings (SSSR count). The van der Waals surface area contributed by atoms with E-state index in [9.17, 15) is 4.79 Å². The number of aliphatic imine (C=N–C) groups is 1. The number of rotatable bonds is 4. The third-order valence-corrected chi connectivity index (χ3v) is 6.88. The van der Waals surface area contributed by atoms with Gasteiger partial charge in [-0.3, -0.25) is 9.79 Å². The van der Waals surface area contributed by atoms with E-state index < -0.39 is 0 Å². The lowest BCUT2D eigenvalue weighted by atomic mass is 9.76. The first-order chi connectivity index (χ1) is 12.6. The Kier molecular flexibility index (Phi) is 3.52. The molecule has 1 heterocycles. The third-order valence-electron chi connectivity index (χ3n) is 6.88. The van der Waals surface area contributed by atoms with Crippen molar-refractivity contribution in [2.24, 2.45) is 33.9 Å².